The van der Waals surface area contributed by atoms with Crippen molar-refractivity contribution < 1.29 is 0 Å². The summed E-state index contributed by atoms with van der Waals surface area (Å²) in [5.74, 6) is 1.98. The lowest BCUT2D eigenvalue weighted by molar-refractivity contribution is 1.08. The summed E-state index contributed by atoms with van der Waals surface area (Å²) < 4.78 is 4.86. The van der Waals surface area contributed by atoms with Crippen molar-refractivity contribution in [2.24, 2.45) is 0 Å². The number of hydrogen-bond donors (Lipinski definition) is 0. The van der Waals surface area contributed by atoms with Crippen LogP contribution >= 0.6 is 11.3 Å². The van der Waals surface area contributed by atoms with Gasteiger partial charge in [0, 0.05) is 53.3 Å². The van der Waals surface area contributed by atoms with Crippen LogP contribution in [0.2, 0.25) is 0 Å². The van der Waals surface area contributed by atoms with Crippen molar-refractivity contribution in [3.8, 4) is 51.0 Å². The standard InChI is InChI=1S/C49H30N4S/c1-2-11-33(12-3-1)47-50-48(52-49(51-47)40-17-10-20-45-46(40)39-16-7-9-19-44(39)54-45)34-23-21-31(22-24-34)32-25-27-37(28-26-32)53-42-18-8-6-15-38(42)41-29-35-13-4-5-14-36(35)30-43(41)53/h1-30H. The van der Waals surface area contributed by atoms with E-state index in [1.807, 2.05) is 18.2 Å². The zero-order chi connectivity index (χ0) is 35.6. The minimum atomic E-state index is 0.649. The van der Waals surface area contributed by atoms with Gasteiger partial charge in [-0.3, -0.25) is 0 Å². The first-order valence-electron chi connectivity index (χ1n) is 18.1. The van der Waals surface area contributed by atoms with Gasteiger partial charge >= 0.3 is 0 Å². The van der Waals surface area contributed by atoms with E-state index in [1.165, 1.54) is 52.8 Å². The molecule has 252 valence electrons. The second kappa shape index (κ2) is 12.3. The zero-order valence-corrected chi connectivity index (χ0v) is 29.8. The van der Waals surface area contributed by atoms with Gasteiger partial charge in [0.25, 0.3) is 0 Å². The predicted molar refractivity (Wildman–Crippen MR) is 226 cm³/mol. The monoisotopic (exact) mass is 706 g/mol. The van der Waals surface area contributed by atoms with E-state index in [9.17, 15) is 0 Å². The molecule has 0 spiro atoms. The molecule has 0 fully saturated rings. The molecule has 0 aliphatic rings. The van der Waals surface area contributed by atoms with E-state index in [1.54, 1.807) is 11.3 Å². The zero-order valence-electron chi connectivity index (χ0n) is 29.0. The third-order valence-corrected chi connectivity index (χ3v) is 11.6. The van der Waals surface area contributed by atoms with Crippen LogP contribution in [0.25, 0.3) is 104 Å². The van der Waals surface area contributed by atoms with Gasteiger partial charge in [-0.15, -0.1) is 11.3 Å². The number of para-hydroxylation sites is 1. The maximum Gasteiger partial charge on any atom is 0.164 e. The van der Waals surface area contributed by atoms with Gasteiger partial charge in [0.15, 0.2) is 17.5 Å². The Morgan fingerprint density at radius 2 is 0.944 bits per heavy atom. The highest BCUT2D eigenvalue weighted by atomic mass is 32.1. The van der Waals surface area contributed by atoms with Gasteiger partial charge in [0.2, 0.25) is 0 Å². The molecule has 0 radical (unpaired) electrons. The van der Waals surface area contributed by atoms with Crippen molar-refractivity contribution in [2.45, 2.75) is 0 Å². The molecule has 0 saturated carbocycles. The fraction of sp³-hybridized carbons (Fsp3) is 0. The van der Waals surface area contributed by atoms with Gasteiger partial charge in [-0.2, -0.15) is 0 Å². The first-order valence-corrected chi connectivity index (χ1v) is 18.9. The molecule has 11 rings (SSSR count). The topological polar surface area (TPSA) is 43.6 Å². The Morgan fingerprint density at radius 1 is 0.370 bits per heavy atom. The van der Waals surface area contributed by atoms with Gasteiger partial charge in [0.1, 0.15) is 0 Å². The molecule has 0 amide bonds. The van der Waals surface area contributed by atoms with E-state index in [0.717, 1.165) is 33.5 Å². The summed E-state index contributed by atoms with van der Waals surface area (Å²) in [5.41, 5.74) is 8.74. The molecule has 0 aliphatic heterocycles. The molecular weight excluding hydrogens is 677 g/mol. The van der Waals surface area contributed by atoms with Crippen LogP contribution in [0.3, 0.4) is 0 Å². The summed E-state index contributed by atoms with van der Waals surface area (Å²) >= 11 is 1.80. The second-order valence-corrected chi connectivity index (χ2v) is 14.7. The first-order chi connectivity index (χ1) is 26.7. The summed E-state index contributed by atoms with van der Waals surface area (Å²) in [4.78, 5) is 15.2. The van der Waals surface area contributed by atoms with Crippen molar-refractivity contribution >= 4 is 64.1 Å². The molecule has 0 N–H and O–H groups in total. The minimum absolute atomic E-state index is 0.649. The van der Waals surface area contributed by atoms with Crippen LogP contribution in [0.4, 0.5) is 0 Å². The van der Waals surface area contributed by atoms with Crippen molar-refractivity contribution in [2.75, 3.05) is 0 Å². The lowest BCUT2D eigenvalue weighted by atomic mass is 10.0. The highest BCUT2D eigenvalue weighted by Gasteiger charge is 2.17. The molecule has 11 aromatic rings. The normalized spacial score (nSPS) is 11.7. The van der Waals surface area contributed by atoms with Crippen LogP contribution in [0.15, 0.2) is 182 Å². The fourth-order valence-corrected chi connectivity index (χ4v) is 8.98. The van der Waals surface area contributed by atoms with Crippen molar-refractivity contribution in [1.29, 1.82) is 0 Å². The largest absolute Gasteiger partial charge is 0.309 e. The van der Waals surface area contributed by atoms with Crippen LogP contribution in [-0.4, -0.2) is 19.5 Å². The smallest absolute Gasteiger partial charge is 0.164 e. The van der Waals surface area contributed by atoms with Crippen LogP contribution in [-0.2, 0) is 0 Å². The summed E-state index contributed by atoms with van der Waals surface area (Å²) in [6.45, 7) is 0. The average molecular weight is 707 g/mol. The summed E-state index contributed by atoms with van der Waals surface area (Å²) in [5, 5.41) is 7.42. The Labute approximate surface area is 315 Å². The second-order valence-electron chi connectivity index (χ2n) is 13.6. The first kappa shape index (κ1) is 30.7. The molecule has 0 unspecified atom stereocenters. The lowest BCUT2D eigenvalue weighted by Gasteiger charge is -2.11. The molecule has 54 heavy (non-hydrogen) atoms. The highest BCUT2D eigenvalue weighted by molar-refractivity contribution is 7.25. The molecule has 5 heteroatoms. The van der Waals surface area contributed by atoms with E-state index >= 15 is 0 Å². The Morgan fingerprint density at radius 3 is 1.72 bits per heavy atom. The Balaban J connectivity index is 0.983. The van der Waals surface area contributed by atoms with Crippen LogP contribution in [0.5, 0.6) is 0 Å². The summed E-state index contributed by atoms with van der Waals surface area (Å²) in [7, 11) is 0. The van der Waals surface area contributed by atoms with E-state index < -0.39 is 0 Å². The van der Waals surface area contributed by atoms with E-state index in [-0.39, 0.29) is 0 Å². The molecule has 0 bridgehead atoms. The molecule has 3 aromatic heterocycles. The maximum atomic E-state index is 5.13. The fourth-order valence-electron chi connectivity index (χ4n) is 7.85. The van der Waals surface area contributed by atoms with Crippen molar-refractivity contribution in [3.63, 3.8) is 0 Å². The van der Waals surface area contributed by atoms with E-state index in [2.05, 4.69) is 168 Å². The third-order valence-electron chi connectivity index (χ3n) is 10.5. The van der Waals surface area contributed by atoms with Crippen molar-refractivity contribution in [1.82, 2.24) is 19.5 Å². The van der Waals surface area contributed by atoms with Crippen LogP contribution < -0.4 is 0 Å². The minimum Gasteiger partial charge on any atom is -0.309 e. The molecule has 0 atom stereocenters. The third kappa shape index (κ3) is 5.01. The number of rotatable bonds is 5. The van der Waals surface area contributed by atoms with Gasteiger partial charge < -0.3 is 4.57 Å². The number of hydrogen-bond acceptors (Lipinski definition) is 4. The van der Waals surface area contributed by atoms with Gasteiger partial charge in [-0.25, -0.2) is 15.0 Å². The molecule has 3 heterocycles. The summed E-state index contributed by atoms with van der Waals surface area (Å²) in [6.07, 6.45) is 0. The molecule has 4 nitrogen and oxygen atoms in total. The average Bonchev–Trinajstić information content (AvgIpc) is 3.78. The van der Waals surface area contributed by atoms with Crippen LogP contribution in [0.1, 0.15) is 0 Å². The van der Waals surface area contributed by atoms with Crippen LogP contribution in [0, 0.1) is 0 Å². The van der Waals surface area contributed by atoms with E-state index in [0.29, 0.717) is 17.5 Å². The van der Waals surface area contributed by atoms with Gasteiger partial charge in [0.05, 0.1) is 11.0 Å². The van der Waals surface area contributed by atoms with E-state index in [4.69, 9.17) is 15.0 Å². The molecule has 0 saturated heterocycles. The molecular formula is C49H30N4S. The number of benzene rings is 8. The summed E-state index contributed by atoms with van der Waals surface area (Å²) in [6, 6.07) is 64.5. The number of nitrogens with zero attached hydrogens (tertiary/aromatic N) is 4. The number of thiophene rings is 1. The Hall–Kier alpha value is -6.95. The number of aromatic nitrogens is 4. The molecule has 0 aliphatic carbocycles. The predicted octanol–water partition coefficient (Wildman–Crippen LogP) is 13.2. The maximum absolute atomic E-state index is 5.13. The Kier molecular flexibility index (Phi) is 7.00. The molecule has 8 aromatic carbocycles. The SMILES string of the molecule is c1ccc(-c2nc(-c3ccc(-c4ccc(-n5c6ccccc6c6cc7ccccc7cc65)cc4)cc3)nc(-c3cccc4sc5ccccc5c34)n2)cc1. The highest BCUT2D eigenvalue weighted by Crippen LogP contribution is 2.40. The van der Waals surface area contributed by atoms with Gasteiger partial charge in [-0.1, -0.05) is 140 Å². The quantitative estimate of drug-likeness (QED) is 0.179. The lowest BCUT2D eigenvalue weighted by Crippen LogP contribution is -2.00. The number of fused-ring (bicyclic) bond motifs is 7. The van der Waals surface area contributed by atoms with Gasteiger partial charge in [-0.05, 0) is 64.4 Å². The van der Waals surface area contributed by atoms with Crippen molar-refractivity contribution in [3.05, 3.63) is 182 Å². The Bertz CT molecular complexity index is 3200.